The van der Waals surface area contributed by atoms with Gasteiger partial charge in [-0.3, -0.25) is 4.79 Å². The highest BCUT2D eigenvalue weighted by Gasteiger charge is 2.23. The summed E-state index contributed by atoms with van der Waals surface area (Å²) in [4.78, 5) is 17.9. The van der Waals surface area contributed by atoms with E-state index in [9.17, 15) is 15.2 Å². The molecule has 5 nitrogen and oxygen atoms in total. The summed E-state index contributed by atoms with van der Waals surface area (Å²) < 4.78 is 0. The number of aromatic hydroxyl groups is 1. The number of benzene rings is 2. The lowest BCUT2D eigenvalue weighted by Crippen LogP contribution is -2.06. The highest BCUT2D eigenvalue weighted by atomic mass is 32.2. The van der Waals surface area contributed by atoms with Crippen LogP contribution < -0.4 is 0 Å². The third-order valence-electron chi connectivity index (χ3n) is 5.28. The maximum absolute atomic E-state index is 11.1. The highest BCUT2D eigenvalue weighted by molar-refractivity contribution is 7.99. The first-order chi connectivity index (χ1) is 14.6. The molecule has 4 rings (SSSR count). The molecule has 6 heteroatoms. The van der Waals surface area contributed by atoms with E-state index in [1.165, 1.54) is 0 Å². The van der Waals surface area contributed by atoms with Crippen LogP contribution in [0.15, 0.2) is 63.9 Å². The normalized spacial score (nSPS) is 13.0. The van der Waals surface area contributed by atoms with Gasteiger partial charge in [0.1, 0.15) is 17.3 Å². The first-order valence-electron chi connectivity index (χ1n) is 9.79. The summed E-state index contributed by atoms with van der Waals surface area (Å²) in [6.07, 6.45) is 3.05. The zero-order valence-electron chi connectivity index (χ0n) is 16.3. The third kappa shape index (κ3) is 4.03. The van der Waals surface area contributed by atoms with Crippen molar-refractivity contribution in [2.24, 2.45) is 0 Å². The number of hydrogen-bond acceptors (Lipinski definition) is 5. The summed E-state index contributed by atoms with van der Waals surface area (Å²) in [5.41, 5.74) is 3.03. The fourth-order valence-electron chi connectivity index (χ4n) is 3.60. The van der Waals surface area contributed by atoms with E-state index in [1.807, 2.05) is 48.5 Å². The molecular weight excluding hydrogens is 396 g/mol. The molecule has 1 saturated carbocycles. The number of fused-ring (bicyclic) bond motifs is 1. The largest absolute Gasteiger partial charge is 0.504 e. The molecule has 1 aliphatic rings. The summed E-state index contributed by atoms with van der Waals surface area (Å²) in [5.74, 6) is -1.05. The summed E-state index contributed by atoms with van der Waals surface area (Å²) >= 11 is 1.60. The monoisotopic (exact) mass is 416 g/mol. The molecule has 2 aromatic carbocycles. The second-order valence-corrected chi connectivity index (χ2v) is 8.37. The van der Waals surface area contributed by atoms with Crippen molar-refractivity contribution in [1.29, 1.82) is 5.26 Å². The average molecular weight is 417 g/mol. The van der Waals surface area contributed by atoms with E-state index in [2.05, 4.69) is 6.07 Å². The van der Waals surface area contributed by atoms with Crippen LogP contribution in [-0.2, 0) is 4.79 Å². The van der Waals surface area contributed by atoms with Crippen molar-refractivity contribution >= 4 is 34.2 Å². The fraction of sp³-hybridized carbons (Fsp3) is 0.208. The number of carboxylic acids is 1. The van der Waals surface area contributed by atoms with E-state index in [0.717, 1.165) is 40.2 Å². The Morgan fingerprint density at radius 2 is 1.87 bits per heavy atom. The van der Waals surface area contributed by atoms with Crippen LogP contribution in [0.1, 0.15) is 43.4 Å². The van der Waals surface area contributed by atoms with E-state index in [-0.39, 0.29) is 17.7 Å². The first kappa shape index (κ1) is 20.0. The number of nitriles is 1. The SMILES string of the molecule is N#Cc1c(O)c(C(CCC(=O)O)=C2CCC2)nc2cc(Sc3ccccc3)ccc12. The zero-order chi connectivity index (χ0) is 21.1. The number of carbonyl (C=O) groups is 1. The second-order valence-electron chi connectivity index (χ2n) is 7.22. The molecular formula is C24H20N2O3S. The maximum Gasteiger partial charge on any atom is 0.303 e. The lowest BCUT2D eigenvalue weighted by atomic mass is 9.84. The maximum atomic E-state index is 11.1. The Morgan fingerprint density at radius 1 is 1.10 bits per heavy atom. The molecule has 0 radical (unpaired) electrons. The van der Waals surface area contributed by atoms with Gasteiger partial charge in [0.05, 0.1) is 5.52 Å². The Labute approximate surface area is 178 Å². The molecule has 1 fully saturated rings. The van der Waals surface area contributed by atoms with Crippen LogP contribution in [0, 0.1) is 11.3 Å². The molecule has 2 N–H and O–H groups in total. The van der Waals surface area contributed by atoms with Gasteiger partial charge in [-0.1, -0.05) is 41.6 Å². The molecule has 0 bridgehead atoms. The topological polar surface area (TPSA) is 94.2 Å². The van der Waals surface area contributed by atoms with Crippen molar-refractivity contribution in [1.82, 2.24) is 4.98 Å². The molecule has 0 aliphatic heterocycles. The van der Waals surface area contributed by atoms with Gasteiger partial charge in [-0.05, 0) is 55.5 Å². The van der Waals surface area contributed by atoms with E-state index in [4.69, 9.17) is 10.1 Å². The molecule has 150 valence electrons. The number of pyridine rings is 1. The molecule has 3 aromatic rings. The predicted octanol–water partition coefficient (Wildman–Crippen LogP) is 5.77. The quantitative estimate of drug-likeness (QED) is 0.530. The highest BCUT2D eigenvalue weighted by Crippen LogP contribution is 2.41. The van der Waals surface area contributed by atoms with Crippen LogP contribution in [0.2, 0.25) is 0 Å². The predicted molar refractivity (Wildman–Crippen MR) is 116 cm³/mol. The van der Waals surface area contributed by atoms with Crippen molar-refractivity contribution < 1.29 is 15.0 Å². The van der Waals surface area contributed by atoms with Crippen LogP contribution >= 0.6 is 11.8 Å². The Kier molecular flexibility index (Phi) is 5.73. The summed E-state index contributed by atoms with van der Waals surface area (Å²) in [7, 11) is 0. The molecule has 0 spiro atoms. The van der Waals surface area contributed by atoms with E-state index < -0.39 is 5.97 Å². The molecule has 0 saturated heterocycles. The Bertz CT molecular complexity index is 1190. The van der Waals surface area contributed by atoms with Gasteiger partial charge in [-0.15, -0.1) is 0 Å². The lowest BCUT2D eigenvalue weighted by molar-refractivity contribution is -0.136. The second kappa shape index (κ2) is 8.60. The zero-order valence-corrected chi connectivity index (χ0v) is 17.1. The van der Waals surface area contributed by atoms with Crippen LogP contribution in [0.3, 0.4) is 0 Å². The van der Waals surface area contributed by atoms with E-state index in [0.29, 0.717) is 23.0 Å². The first-order valence-corrected chi connectivity index (χ1v) is 10.6. The molecule has 0 atom stereocenters. The molecule has 30 heavy (non-hydrogen) atoms. The lowest BCUT2D eigenvalue weighted by Gasteiger charge is -2.23. The fourth-order valence-corrected chi connectivity index (χ4v) is 4.47. The Hall–Kier alpha value is -3.30. The van der Waals surface area contributed by atoms with Crippen molar-refractivity contribution in [2.75, 3.05) is 0 Å². The standard InChI is InChI=1S/C24H20N2O3S/c25-14-20-19-10-9-17(30-16-7-2-1-3-8-16)13-21(19)26-23(24(20)29)18(11-12-22(27)28)15-5-4-6-15/h1-3,7-10,13,29H,4-6,11-12H2,(H,27,28). The Balaban J connectivity index is 1.82. The molecule has 1 heterocycles. The number of hydrogen-bond donors (Lipinski definition) is 2. The average Bonchev–Trinajstić information content (AvgIpc) is 2.70. The van der Waals surface area contributed by atoms with Crippen molar-refractivity contribution in [3.63, 3.8) is 0 Å². The van der Waals surface area contributed by atoms with Crippen molar-refractivity contribution in [3.05, 3.63) is 65.4 Å². The molecule has 0 amide bonds. The number of rotatable bonds is 6. The van der Waals surface area contributed by atoms with E-state index in [1.54, 1.807) is 11.8 Å². The van der Waals surface area contributed by atoms with Crippen molar-refractivity contribution in [3.8, 4) is 11.8 Å². The summed E-state index contributed by atoms with van der Waals surface area (Å²) in [5, 5.41) is 30.3. The van der Waals surface area contributed by atoms with Gasteiger partial charge in [0.25, 0.3) is 0 Å². The van der Waals surface area contributed by atoms with Crippen LogP contribution in [-0.4, -0.2) is 21.2 Å². The van der Waals surface area contributed by atoms with Crippen LogP contribution in [0.5, 0.6) is 5.75 Å². The molecule has 1 aromatic heterocycles. The summed E-state index contributed by atoms with van der Waals surface area (Å²) in [6.45, 7) is 0. The Morgan fingerprint density at radius 3 is 2.50 bits per heavy atom. The van der Waals surface area contributed by atoms with E-state index >= 15 is 0 Å². The van der Waals surface area contributed by atoms with Gasteiger partial charge in [-0.2, -0.15) is 5.26 Å². The third-order valence-corrected chi connectivity index (χ3v) is 6.28. The molecule has 1 aliphatic carbocycles. The van der Waals surface area contributed by atoms with Gasteiger partial charge < -0.3 is 10.2 Å². The minimum Gasteiger partial charge on any atom is -0.504 e. The van der Waals surface area contributed by atoms with Crippen LogP contribution in [0.25, 0.3) is 16.5 Å². The number of aliphatic carboxylic acids is 1. The number of nitrogens with zero attached hydrogens (tertiary/aromatic N) is 2. The van der Waals surface area contributed by atoms with Crippen molar-refractivity contribution in [2.45, 2.75) is 41.9 Å². The molecule has 0 unspecified atom stereocenters. The number of aromatic nitrogens is 1. The smallest absolute Gasteiger partial charge is 0.303 e. The van der Waals surface area contributed by atoms with Crippen LogP contribution in [0.4, 0.5) is 0 Å². The minimum absolute atomic E-state index is 0.0379. The number of carboxylic acid groups (broad SMARTS) is 1. The number of allylic oxidation sites excluding steroid dienone is 2. The van der Waals surface area contributed by atoms with Gasteiger partial charge in [0, 0.05) is 21.6 Å². The minimum atomic E-state index is -0.894. The van der Waals surface area contributed by atoms with Gasteiger partial charge in [-0.25, -0.2) is 4.98 Å². The van der Waals surface area contributed by atoms with Gasteiger partial charge in [0.2, 0.25) is 0 Å². The van der Waals surface area contributed by atoms with Gasteiger partial charge >= 0.3 is 5.97 Å². The summed E-state index contributed by atoms with van der Waals surface area (Å²) in [6, 6.07) is 17.7. The van der Waals surface area contributed by atoms with Gasteiger partial charge in [0.15, 0.2) is 5.75 Å².